The van der Waals surface area contributed by atoms with E-state index in [0.29, 0.717) is 12.3 Å². The highest BCUT2D eigenvalue weighted by Crippen LogP contribution is 2.24. The molecule has 122 valence electrons. The van der Waals surface area contributed by atoms with E-state index in [2.05, 4.69) is 31.1 Å². The number of carbonyl (C=O) groups excluding carboxylic acids is 1. The van der Waals surface area contributed by atoms with Crippen LogP contribution in [-0.2, 0) is 16.8 Å². The van der Waals surface area contributed by atoms with Gasteiger partial charge in [0.15, 0.2) is 6.10 Å². The van der Waals surface area contributed by atoms with Crippen LogP contribution >= 0.6 is 0 Å². The maximum Gasteiger partial charge on any atom is 0.261 e. The zero-order chi connectivity index (χ0) is 16.9. The number of nitrogens with one attached hydrogen (secondary N) is 1. The standard InChI is InChI=1S/C19H24N2O2/c1-14(18(22)21-13-15-6-5-11-20-12-15)23-17-9-7-16(8-10-17)19(2,3)4/h5-12,14H,13H2,1-4H3,(H,21,22)/t14-/m1/s1. The third-order valence-electron chi connectivity index (χ3n) is 3.59. The van der Waals surface area contributed by atoms with E-state index in [1.54, 1.807) is 19.3 Å². The molecular weight excluding hydrogens is 288 g/mol. The second-order valence-corrected chi connectivity index (χ2v) is 6.61. The SMILES string of the molecule is C[C@@H](Oc1ccc(C(C)(C)C)cc1)C(=O)NCc1cccnc1. The van der Waals surface area contributed by atoms with Crippen molar-refractivity contribution in [1.29, 1.82) is 0 Å². The fraction of sp³-hybridized carbons (Fsp3) is 0.368. The normalized spacial score (nSPS) is 12.5. The van der Waals surface area contributed by atoms with Crippen LogP contribution in [0.3, 0.4) is 0 Å². The van der Waals surface area contributed by atoms with Crippen molar-refractivity contribution in [3.63, 3.8) is 0 Å². The Labute approximate surface area is 137 Å². The summed E-state index contributed by atoms with van der Waals surface area (Å²) in [5.41, 5.74) is 2.30. The lowest BCUT2D eigenvalue weighted by atomic mass is 9.87. The zero-order valence-electron chi connectivity index (χ0n) is 14.2. The summed E-state index contributed by atoms with van der Waals surface area (Å²) in [5, 5.41) is 2.85. The molecule has 0 aliphatic heterocycles. The van der Waals surface area contributed by atoms with Crippen LogP contribution in [0.1, 0.15) is 38.8 Å². The lowest BCUT2D eigenvalue weighted by molar-refractivity contribution is -0.127. The molecule has 1 N–H and O–H groups in total. The number of benzene rings is 1. The average molecular weight is 312 g/mol. The molecule has 2 aromatic rings. The number of ether oxygens (including phenoxy) is 1. The van der Waals surface area contributed by atoms with Crippen molar-refractivity contribution < 1.29 is 9.53 Å². The highest BCUT2D eigenvalue weighted by molar-refractivity contribution is 5.80. The number of rotatable bonds is 5. The number of nitrogens with zero attached hydrogens (tertiary/aromatic N) is 1. The van der Waals surface area contributed by atoms with Crippen LogP contribution in [0.15, 0.2) is 48.8 Å². The number of hydrogen-bond donors (Lipinski definition) is 1. The van der Waals surface area contributed by atoms with Gasteiger partial charge in [-0.25, -0.2) is 0 Å². The van der Waals surface area contributed by atoms with E-state index in [0.717, 1.165) is 5.56 Å². The summed E-state index contributed by atoms with van der Waals surface area (Å²) in [6, 6.07) is 11.7. The molecule has 1 atom stereocenters. The second-order valence-electron chi connectivity index (χ2n) is 6.61. The molecule has 0 aliphatic rings. The monoisotopic (exact) mass is 312 g/mol. The lowest BCUT2D eigenvalue weighted by Gasteiger charge is -2.20. The van der Waals surface area contributed by atoms with Crippen molar-refractivity contribution in [2.75, 3.05) is 0 Å². The average Bonchev–Trinajstić information content (AvgIpc) is 2.53. The van der Waals surface area contributed by atoms with E-state index in [1.165, 1.54) is 5.56 Å². The Morgan fingerprint density at radius 3 is 2.48 bits per heavy atom. The van der Waals surface area contributed by atoms with Gasteiger partial charge in [-0.15, -0.1) is 0 Å². The van der Waals surface area contributed by atoms with Crippen LogP contribution in [0.2, 0.25) is 0 Å². The van der Waals surface area contributed by atoms with Crippen LogP contribution < -0.4 is 10.1 Å². The highest BCUT2D eigenvalue weighted by Gasteiger charge is 2.16. The van der Waals surface area contributed by atoms with E-state index in [1.807, 2.05) is 36.4 Å². The fourth-order valence-corrected chi connectivity index (χ4v) is 2.13. The molecule has 1 amide bonds. The number of aromatic nitrogens is 1. The van der Waals surface area contributed by atoms with E-state index in [-0.39, 0.29) is 11.3 Å². The second kappa shape index (κ2) is 7.27. The van der Waals surface area contributed by atoms with Gasteiger partial charge >= 0.3 is 0 Å². The summed E-state index contributed by atoms with van der Waals surface area (Å²) in [5.74, 6) is 0.552. The van der Waals surface area contributed by atoms with Gasteiger partial charge in [-0.1, -0.05) is 39.0 Å². The smallest absolute Gasteiger partial charge is 0.261 e. The van der Waals surface area contributed by atoms with E-state index >= 15 is 0 Å². The van der Waals surface area contributed by atoms with Gasteiger partial charge in [0.05, 0.1) is 0 Å². The summed E-state index contributed by atoms with van der Waals surface area (Å²) in [6.45, 7) is 8.69. The van der Waals surface area contributed by atoms with Crippen LogP contribution in [0.4, 0.5) is 0 Å². The van der Waals surface area contributed by atoms with Crippen LogP contribution in [0.25, 0.3) is 0 Å². The molecule has 0 bridgehead atoms. The summed E-state index contributed by atoms with van der Waals surface area (Å²) in [4.78, 5) is 16.1. The van der Waals surface area contributed by atoms with Crippen LogP contribution in [0.5, 0.6) is 5.75 Å². The van der Waals surface area contributed by atoms with Crippen molar-refractivity contribution in [2.24, 2.45) is 0 Å². The molecule has 0 fully saturated rings. The lowest BCUT2D eigenvalue weighted by Crippen LogP contribution is -2.35. The molecular formula is C19H24N2O2. The molecule has 2 rings (SSSR count). The highest BCUT2D eigenvalue weighted by atomic mass is 16.5. The Bertz CT molecular complexity index is 631. The first-order valence-corrected chi connectivity index (χ1v) is 7.80. The summed E-state index contributed by atoms with van der Waals surface area (Å²) in [7, 11) is 0. The van der Waals surface area contributed by atoms with Crippen molar-refractivity contribution in [3.05, 3.63) is 59.9 Å². The third kappa shape index (κ3) is 5.09. The Morgan fingerprint density at radius 2 is 1.91 bits per heavy atom. The molecule has 0 saturated heterocycles. The molecule has 0 unspecified atom stereocenters. The molecule has 4 heteroatoms. The topological polar surface area (TPSA) is 51.2 Å². The number of carbonyl (C=O) groups is 1. The third-order valence-corrected chi connectivity index (χ3v) is 3.59. The zero-order valence-corrected chi connectivity index (χ0v) is 14.2. The first-order chi connectivity index (χ1) is 10.9. The van der Waals surface area contributed by atoms with Gasteiger partial charge in [0.2, 0.25) is 0 Å². The van der Waals surface area contributed by atoms with Gasteiger partial charge in [0.25, 0.3) is 5.91 Å². The number of hydrogen-bond acceptors (Lipinski definition) is 3. The van der Waals surface area contributed by atoms with Gasteiger partial charge in [0, 0.05) is 18.9 Å². The van der Waals surface area contributed by atoms with Gasteiger partial charge in [-0.2, -0.15) is 0 Å². The minimum Gasteiger partial charge on any atom is -0.481 e. The fourth-order valence-electron chi connectivity index (χ4n) is 2.13. The Balaban J connectivity index is 1.88. The maximum atomic E-state index is 12.1. The number of amides is 1. The molecule has 0 aliphatic carbocycles. The summed E-state index contributed by atoms with van der Waals surface area (Å²) in [6.07, 6.45) is 2.89. The maximum absolute atomic E-state index is 12.1. The summed E-state index contributed by atoms with van der Waals surface area (Å²) >= 11 is 0. The number of pyridine rings is 1. The van der Waals surface area contributed by atoms with Gasteiger partial charge < -0.3 is 10.1 Å². The molecule has 4 nitrogen and oxygen atoms in total. The quantitative estimate of drug-likeness (QED) is 0.920. The molecule has 1 heterocycles. The molecule has 0 saturated carbocycles. The minimum atomic E-state index is -0.549. The van der Waals surface area contributed by atoms with Gasteiger partial charge in [-0.3, -0.25) is 9.78 Å². The first-order valence-electron chi connectivity index (χ1n) is 7.80. The van der Waals surface area contributed by atoms with Crippen LogP contribution in [0, 0.1) is 0 Å². The van der Waals surface area contributed by atoms with Gasteiger partial charge in [-0.05, 0) is 41.7 Å². The Kier molecular flexibility index (Phi) is 5.37. The molecule has 23 heavy (non-hydrogen) atoms. The predicted molar refractivity (Wildman–Crippen MR) is 91.3 cm³/mol. The molecule has 0 radical (unpaired) electrons. The Hall–Kier alpha value is -2.36. The van der Waals surface area contributed by atoms with Crippen molar-refractivity contribution in [2.45, 2.75) is 45.8 Å². The predicted octanol–water partition coefficient (Wildman–Crippen LogP) is 3.46. The molecule has 0 spiro atoms. The molecule has 1 aromatic heterocycles. The first kappa shape index (κ1) is 17.0. The van der Waals surface area contributed by atoms with Crippen molar-refractivity contribution in [3.8, 4) is 5.75 Å². The molecule has 1 aromatic carbocycles. The van der Waals surface area contributed by atoms with Gasteiger partial charge in [0.1, 0.15) is 5.75 Å². The van der Waals surface area contributed by atoms with Crippen LogP contribution in [-0.4, -0.2) is 17.0 Å². The van der Waals surface area contributed by atoms with E-state index < -0.39 is 6.10 Å². The largest absolute Gasteiger partial charge is 0.481 e. The van der Waals surface area contributed by atoms with Crippen molar-refractivity contribution in [1.82, 2.24) is 10.3 Å². The van der Waals surface area contributed by atoms with E-state index in [9.17, 15) is 4.79 Å². The minimum absolute atomic E-state index is 0.102. The summed E-state index contributed by atoms with van der Waals surface area (Å²) < 4.78 is 5.70. The van der Waals surface area contributed by atoms with Crippen molar-refractivity contribution >= 4 is 5.91 Å². The Morgan fingerprint density at radius 1 is 1.22 bits per heavy atom. The van der Waals surface area contributed by atoms with E-state index in [4.69, 9.17) is 4.74 Å².